The molecule has 8 heteroatoms. The first-order valence-electron chi connectivity index (χ1n) is 7.98. The summed E-state index contributed by atoms with van der Waals surface area (Å²) < 4.78 is 25.5. The Morgan fingerprint density at radius 3 is 2.19 bits per heavy atom. The average Bonchev–Trinajstić information content (AvgIpc) is 2.61. The van der Waals surface area contributed by atoms with Gasteiger partial charge in [-0.1, -0.05) is 19.1 Å². The summed E-state index contributed by atoms with van der Waals surface area (Å²) in [5, 5.41) is 5.36. The Labute approximate surface area is 153 Å². The van der Waals surface area contributed by atoms with Gasteiger partial charge in [0.2, 0.25) is 15.9 Å². The van der Waals surface area contributed by atoms with Crippen molar-refractivity contribution < 1.29 is 18.0 Å². The fourth-order valence-corrected chi connectivity index (χ4v) is 3.08. The zero-order valence-electron chi connectivity index (χ0n) is 14.8. The summed E-state index contributed by atoms with van der Waals surface area (Å²) in [7, 11) is -0.706. The molecule has 26 heavy (non-hydrogen) atoms. The highest BCUT2D eigenvalue weighted by atomic mass is 32.2. The summed E-state index contributed by atoms with van der Waals surface area (Å²) >= 11 is 0. The molecule has 7 nitrogen and oxygen atoms in total. The Morgan fingerprint density at radius 1 is 0.962 bits per heavy atom. The van der Waals surface area contributed by atoms with Crippen LogP contribution in [0.3, 0.4) is 0 Å². The smallest absolute Gasteiger partial charge is 0.255 e. The molecular weight excluding hydrogens is 354 g/mol. The number of anilines is 2. The lowest BCUT2D eigenvalue weighted by atomic mass is 10.1. The number of rotatable bonds is 6. The predicted octanol–water partition coefficient (Wildman–Crippen LogP) is 2.54. The summed E-state index contributed by atoms with van der Waals surface area (Å²) in [6.45, 7) is 1.74. The number of amides is 2. The van der Waals surface area contributed by atoms with Crippen molar-refractivity contribution in [2.24, 2.45) is 0 Å². The highest BCUT2D eigenvalue weighted by Gasteiger charge is 2.18. The van der Waals surface area contributed by atoms with Gasteiger partial charge in [0.05, 0.1) is 4.90 Å². The van der Waals surface area contributed by atoms with E-state index in [1.165, 1.54) is 26.2 Å². The second-order valence-corrected chi connectivity index (χ2v) is 7.90. The van der Waals surface area contributed by atoms with Gasteiger partial charge in [0.1, 0.15) is 0 Å². The van der Waals surface area contributed by atoms with E-state index in [2.05, 4.69) is 10.6 Å². The van der Waals surface area contributed by atoms with Gasteiger partial charge >= 0.3 is 0 Å². The standard InChI is InChI=1S/C18H21N3O4S/c1-4-17(22)19-14-8-5-7-13(11-14)18(23)20-15-9-6-10-16(12-15)26(24,25)21(2)3/h5-12H,4H2,1-3H3,(H,19,22)(H,20,23). The lowest BCUT2D eigenvalue weighted by molar-refractivity contribution is -0.115. The van der Waals surface area contributed by atoms with E-state index in [-0.39, 0.29) is 10.8 Å². The number of nitrogens with zero attached hydrogens (tertiary/aromatic N) is 1. The summed E-state index contributed by atoms with van der Waals surface area (Å²) in [4.78, 5) is 24.0. The summed E-state index contributed by atoms with van der Waals surface area (Å²) in [6.07, 6.45) is 0.337. The van der Waals surface area contributed by atoms with Crippen LogP contribution in [0.25, 0.3) is 0 Å². The SMILES string of the molecule is CCC(=O)Nc1cccc(C(=O)Nc2cccc(S(=O)(=O)N(C)C)c2)c1. The van der Waals surface area contributed by atoms with Gasteiger partial charge < -0.3 is 10.6 Å². The molecule has 0 unspecified atom stereocenters. The van der Waals surface area contributed by atoms with Gasteiger partial charge in [-0.2, -0.15) is 0 Å². The van der Waals surface area contributed by atoms with E-state index in [0.717, 1.165) is 4.31 Å². The Hall–Kier alpha value is -2.71. The predicted molar refractivity (Wildman–Crippen MR) is 101 cm³/mol. The van der Waals surface area contributed by atoms with Crippen LogP contribution in [0.1, 0.15) is 23.7 Å². The van der Waals surface area contributed by atoms with Crippen LogP contribution >= 0.6 is 0 Å². The summed E-state index contributed by atoms with van der Waals surface area (Å²) in [5.74, 6) is -0.554. The quantitative estimate of drug-likeness (QED) is 0.811. The molecule has 0 aliphatic carbocycles. The number of carbonyl (C=O) groups excluding carboxylic acids is 2. The maximum Gasteiger partial charge on any atom is 0.255 e. The van der Waals surface area contributed by atoms with Gasteiger partial charge in [0, 0.05) is 37.5 Å². The Balaban J connectivity index is 2.21. The van der Waals surface area contributed by atoms with E-state index >= 15 is 0 Å². The van der Waals surface area contributed by atoms with Crippen LogP contribution in [0.4, 0.5) is 11.4 Å². The maximum absolute atomic E-state index is 12.4. The van der Waals surface area contributed by atoms with Crippen LogP contribution in [0.2, 0.25) is 0 Å². The van der Waals surface area contributed by atoms with Gasteiger partial charge in [-0.05, 0) is 36.4 Å². The van der Waals surface area contributed by atoms with Crippen LogP contribution < -0.4 is 10.6 Å². The van der Waals surface area contributed by atoms with E-state index in [1.807, 2.05) is 0 Å². The normalized spacial score (nSPS) is 11.2. The van der Waals surface area contributed by atoms with Gasteiger partial charge in [0.15, 0.2) is 0 Å². The molecule has 2 amide bonds. The largest absolute Gasteiger partial charge is 0.326 e. The molecule has 0 fully saturated rings. The average molecular weight is 375 g/mol. The molecule has 0 heterocycles. The van der Waals surface area contributed by atoms with E-state index in [1.54, 1.807) is 43.3 Å². The lowest BCUT2D eigenvalue weighted by Crippen LogP contribution is -2.22. The van der Waals surface area contributed by atoms with Gasteiger partial charge in [-0.3, -0.25) is 9.59 Å². The van der Waals surface area contributed by atoms with Crippen molar-refractivity contribution >= 4 is 33.2 Å². The van der Waals surface area contributed by atoms with E-state index in [0.29, 0.717) is 23.4 Å². The first-order chi connectivity index (χ1) is 12.2. The molecule has 0 bridgehead atoms. The molecular formula is C18H21N3O4S. The molecule has 0 aliphatic rings. The third-order valence-corrected chi connectivity index (χ3v) is 5.41. The van der Waals surface area contributed by atoms with Crippen LogP contribution in [-0.4, -0.2) is 38.6 Å². The third kappa shape index (κ3) is 4.68. The second-order valence-electron chi connectivity index (χ2n) is 5.75. The molecule has 2 aromatic carbocycles. The number of benzene rings is 2. The number of hydrogen-bond acceptors (Lipinski definition) is 4. The monoisotopic (exact) mass is 375 g/mol. The van der Waals surface area contributed by atoms with E-state index in [9.17, 15) is 18.0 Å². The number of nitrogens with one attached hydrogen (secondary N) is 2. The highest BCUT2D eigenvalue weighted by Crippen LogP contribution is 2.19. The minimum atomic E-state index is -3.59. The molecule has 0 aliphatic heterocycles. The molecule has 2 aromatic rings. The molecule has 0 saturated heterocycles. The fraction of sp³-hybridized carbons (Fsp3) is 0.222. The van der Waals surface area contributed by atoms with Gasteiger partial charge in [-0.15, -0.1) is 0 Å². The van der Waals surface area contributed by atoms with Crippen molar-refractivity contribution in [3.05, 3.63) is 54.1 Å². The second kappa shape index (κ2) is 8.11. The molecule has 0 saturated carbocycles. The lowest BCUT2D eigenvalue weighted by Gasteiger charge is -2.13. The number of carbonyl (C=O) groups is 2. The molecule has 0 spiro atoms. The fourth-order valence-electron chi connectivity index (χ4n) is 2.14. The summed E-state index contributed by atoms with van der Waals surface area (Å²) in [6, 6.07) is 12.5. The van der Waals surface area contributed by atoms with Crippen molar-refractivity contribution in [2.45, 2.75) is 18.2 Å². The Kier molecular flexibility index (Phi) is 6.12. The number of hydrogen-bond donors (Lipinski definition) is 2. The van der Waals surface area contributed by atoms with Gasteiger partial charge in [-0.25, -0.2) is 12.7 Å². The zero-order valence-corrected chi connectivity index (χ0v) is 15.6. The topological polar surface area (TPSA) is 95.6 Å². The Bertz CT molecular complexity index is 924. The highest BCUT2D eigenvalue weighted by molar-refractivity contribution is 7.89. The summed E-state index contributed by atoms with van der Waals surface area (Å²) in [5.41, 5.74) is 1.23. The van der Waals surface area contributed by atoms with Crippen molar-refractivity contribution in [3.8, 4) is 0 Å². The molecule has 138 valence electrons. The van der Waals surface area contributed by atoms with Crippen molar-refractivity contribution in [2.75, 3.05) is 24.7 Å². The molecule has 2 N–H and O–H groups in total. The van der Waals surface area contributed by atoms with Crippen molar-refractivity contribution in [3.63, 3.8) is 0 Å². The molecule has 2 rings (SSSR count). The van der Waals surface area contributed by atoms with E-state index in [4.69, 9.17) is 0 Å². The zero-order chi connectivity index (χ0) is 19.3. The third-order valence-electron chi connectivity index (χ3n) is 3.60. The Morgan fingerprint density at radius 2 is 1.58 bits per heavy atom. The minimum Gasteiger partial charge on any atom is -0.326 e. The molecule has 0 aromatic heterocycles. The van der Waals surface area contributed by atoms with Crippen molar-refractivity contribution in [1.82, 2.24) is 4.31 Å². The van der Waals surface area contributed by atoms with Crippen LogP contribution in [0, 0.1) is 0 Å². The van der Waals surface area contributed by atoms with E-state index < -0.39 is 15.9 Å². The molecule has 0 radical (unpaired) electrons. The van der Waals surface area contributed by atoms with Crippen molar-refractivity contribution in [1.29, 1.82) is 0 Å². The number of sulfonamides is 1. The minimum absolute atomic E-state index is 0.0873. The first kappa shape index (κ1) is 19.6. The maximum atomic E-state index is 12.4. The van der Waals surface area contributed by atoms with Crippen LogP contribution in [0.15, 0.2) is 53.4 Å². The van der Waals surface area contributed by atoms with Crippen LogP contribution in [-0.2, 0) is 14.8 Å². The molecule has 0 atom stereocenters. The first-order valence-corrected chi connectivity index (χ1v) is 9.42. The van der Waals surface area contributed by atoms with Crippen LogP contribution in [0.5, 0.6) is 0 Å². The van der Waals surface area contributed by atoms with Gasteiger partial charge in [0.25, 0.3) is 5.91 Å².